The van der Waals surface area contributed by atoms with E-state index in [2.05, 4.69) is 21.4 Å². The van der Waals surface area contributed by atoms with Gasteiger partial charge in [-0.3, -0.25) is 0 Å². The lowest BCUT2D eigenvalue weighted by atomic mass is 10.2. The van der Waals surface area contributed by atoms with Crippen LogP contribution in [0.1, 0.15) is 17.7 Å². The van der Waals surface area contributed by atoms with Crippen molar-refractivity contribution < 1.29 is 8.42 Å². The zero-order chi connectivity index (χ0) is 18.0. The monoisotopic (exact) mass is 357 g/mol. The van der Waals surface area contributed by atoms with Gasteiger partial charge in [0.2, 0.25) is 5.95 Å². The van der Waals surface area contributed by atoms with Crippen LogP contribution in [0.2, 0.25) is 0 Å². The molecule has 0 radical (unpaired) electrons. The van der Waals surface area contributed by atoms with E-state index in [4.69, 9.17) is 5.26 Å². The molecular weight excluding hydrogens is 338 g/mol. The molecule has 1 atom stereocenters. The van der Waals surface area contributed by atoms with Crippen LogP contribution in [0.5, 0.6) is 0 Å². The van der Waals surface area contributed by atoms with Gasteiger partial charge in [-0.15, -0.1) is 0 Å². The number of aryl methyl sites for hydroxylation is 1. The van der Waals surface area contributed by atoms with Crippen molar-refractivity contribution in [3.05, 3.63) is 41.6 Å². The second-order valence-corrected chi connectivity index (χ2v) is 8.41. The predicted molar refractivity (Wildman–Crippen MR) is 96.7 cm³/mol. The summed E-state index contributed by atoms with van der Waals surface area (Å²) in [6.45, 7) is 1.86. The first kappa shape index (κ1) is 17.2. The van der Waals surface area contributed by atoms with Gasteiger partial charge in [0.25, 0.3) is 0 Å². The fourth-order valence-corrected chi connectivity index (χ4v) is 4.61. The summed E-state index contributed by atoms with van der Waals surface area (Å²) in [4.78, 5) is 10.8. The Bertz CT molecular complexity index is 936. The maximum Gasteiger partial charge on any atom is 0.227 e. The average molecular weight is 357 g/mol. The van der Waals surface area contributed by atoms with E-state index in [1.54, 1.807) is 18.2 Å². The molecule has 1 N–H and O–H groups in total. The van der Waals surface area contributed by atoms with Gasteiger partial charge < -0.3 is 10.2 Å². The minimum absolute atomic E-state index is 0.110. The van der Waals surface area contributed by atoms with E-state index in [9.17, 15) is 8.42 Å². The third kappa shape index (κ3) is 4.06. The van der Waals surface area contributed by atoms with Crippen LogP contribution in [0, 0.1) is 18.3 Å². The van der Waals surface area contributed by atoms with Crippen LogP contribution in [0.4, 0.5) is 17.5 Å². The molecule has 1 aromatic heterocycles. The summed E-state index contributed by atoms with van der Waals surface area (Å²) in [6, 6.07) is 10.9. The SMILES string of the molecule is Cc1cc(Nc2cccc(C#N)c2)nc(N(C)C2CCS(=O)(=O)C2)n1. The highest BCUT2D eigenvalue weighted by atomic mass is 32.2. The van der Waals surface area contributed by atoms with E-state index in [1.165, 1.54) is 0 Å². The van der Waals surface area contributed by atoms with E-state index in [-0.39, 0.29) is 17.5 Å². The summed E-state index contributed by atoms with van der Waals surface area (Å²) in [5.74, 6) is 1.43. The number of anilines is 3. The molecule has 3 rings (SSSR count). The van der Waals surface area contributed by atoms with Crippen molar-refractivity contribution in [1.29, 1.82) is 5.26 Å². The highest BCUT2D eigenvalue weighted by Gasteiger charge is 2.31. The summed E-state index contributed by atoms with van der Waals surface area (Å²) in [6.07, 6.45) is 0.586. The molecule has 1 aliphatic rings. The van der Waals surface area contributed by atoms with E-state index >= 15 is 0 Å². The van der Waals surface area contributed by atoms with Crippen LogP contribution in [0.15, 0.2) is 30.3 Å². The lowest BCUT2D eigenvalue weighted by molar-refractivity contribution is 0.600. The Kier molecular flexibility index (Phi) is 4.59. The average Bonchev–Trinajstić information content (AvgIpc) is 2.93. The van der Waals surface area contributed by atoms with Crippen molar-refractivity contribution >= 4 is 27.3 Å². The van der Waals surface area contributed by atoms with Crippen LogP contribution in [0.25, 0.3) is 0 Å². The zero-order valence-electron chi connectivity index (χ0n) is 14.1. The highest BCUT2D eigenvalue weighted by molar-refractivity contribution is 7.91. The van der Waals surface area contributed by atoms with Gasteiger partial charge in [0.1, 0.15) is 5.82 Å². The Labute approximate surface area is 147 Å². The normalized spacial score (nSPS) is 18.5. The quantitative estimate of drug-likeness (QED) is 0.893. The Morgan fingerprint density at radius 2 is 2.12 bits per heavy atom. The van der Waals surface area contributed by atoms with Gasteiger partial charge in [-0.05, 0) is 31.5 Å². The number of nitriles is 1. The van der Waals surface area contributed by atoms with Gasteiger partial charge in [-0.2, -0.15) is 10.2 Å². The van der Waals surface area contributed by atoms with Gasteiger partial charge in [0.05, 0.1) is 23.1 Å². The number of sulfone groups is 1. The molecule has 0 aliphatic carbocycles. The Balaban J connectivity index is 1.84. The second kappa shape index (κ2) is 6.69. The summed E-state index contributed by atoms with van der Waals surface area (Å²) in [5.41, 5.74) is 2.09. The van der Waals surface area contributed by atoms with Crippen molar-refractivity contribution in [2.45, 2.75) is 19.4 Å². The lowest BCUT2D eigenvalue weighted by Gasteiger charge is -2.24. The summed E-state index contributed by atoms with van der Waals surface area (Å²) in [5, 5.41) is 12.2. The fourth-order valence-electron chi connectivity index (χ4n) is 2.83. The van der Waals surface area contributed by atoms with Crippen LogP contribution in [-0.2, 0) is 9.84 Å². The molecular formula is C17H19N5O2S. The van der Waals surface area contributed by atoms with Gasteiger partial charge >= 0.3 is 0 Å². The molecule has 2 aromatic rings. The van der Waals surface area contributed by atoms with Gasteiger partial charge in [0.15, 0.2) is 9.84 Å². The molecule has 25 heavy (non-hydrogen) atoms. The largest absolute Gasteiger partial charge is 0.340 e. The Morgan fingerprint density at radius 3 is 2.80 bits per heavy atom. The first-order valence-corrected chi connectivity index (χ1v) is 9.74. The molecule has 0 spiro atoms. The smallest absolute Gasteiger partial charge is 0.227 e. The van der Waals surface area contributed by atoms with E-state index in [0.29, 0.717) is 23.8 Å². The van der Waals surface area contributed by atoms with Gasteiger partial charge in [-0.1, -0.05) is 6.07 Å². The zero-order valence-corrected chi connectivity index (χ0v) is 14.9. The molecule has 1 aliphatic heterocycles. The minimum atomic E-state index is -2.97. The third-order valence-electron chi connectivity index (χ3n) is 4.18. The molecule has 0 bridgehead atoms. The number of hydrogen-bond donors (Lipinski definition) is 1. The van der Waals surface area contributed by atoms with Crippen molar-refractivity contribution in [2.24, 2.45) is 0 Å². The number of aromatic nitrogens is 2. The lowest BCUT2D eigenvalue weighted by Crippen LogP contribution is -2.34. The maximum absolute atomic E-state index is 11.7. The molecule has 0 saturated carbocycles. The van der Waals surface area contributed by atoms with E-state index in [0.717, 1.165) is 11.4 Å². The van der Waals surface area contributed by atoms with Crippen molar-refractivity contribution in [3.63, 3.8) is 0 Å². The van der Waals surface area contributed by atoms with Crippen molar-refractivity contribution in [3.8, 4) is 6.07 Å². The topological polar surface area (TPSA) is 99.0 Å². The van der Waals surface area contributed by atoms with Crippen molar-refractivity contribution in [2.75, 3.05) is 28.8 Å². The number of rotatable bonds is 4. The van der Waals surface area contributed by atoms with Crippen LogP contribution in [-0.4, -0.2) is 43.0 Å². The molecule has 1 fully saturated rings. The summed E-state index contributed by atoms with van der Waals surface area (Å²) < 4.78 is 23.4. The molecule has 0 amide bonds. The third-order valence-corrected chi connectivity index (χ3v) is 5.93. The van der Waals surface area contributed by atoms with Crippen LogP contribution >= 0.6 is 0 Å². The molecule has 1 unspecified atom stereocenters. The van der Waals surface area contributed by atoms with Crippen LogP contribution in [0.3, 0.4) is 0 Å². The summed E-state index contributed by atoms with van der Waals surface area (Å²) >= 11 is 0. The molecule has 130 valence electrons. The minimum Gasteiger partial charge on any atom is -0.340 e. The Morgan fingerprint density at radius 1 is 1.32 bits per heavy atom. The standard InChI is InChI=1S/C17H19N5O2S/c1-12-8-16(20-14-5-3-4-13(9-14)10-18)21-17(19-12)22(2)15-6-7-25(23,24)11-15/h3-5,8-9,15H,6-7,11H2,1-2H3,(H,19,20,21). The number of hydrogen-bond acceptors (Lipinski definition) is 7. The second-order valence-electron chi connectivity index (χ2n) is 6.18. The number of benzene rings is 1. The number of nitrogens with zero attached hydrogens (tertiary/aromatic N) is 4. The molecule has 1 aromatic carbocycles. The number of nitrogens with one attached hydrogen (secondary N) is 1. The molecule has 7 nitrogen and oxygen atoms in total. The van der Waals surface area contributed by atoms with Gasteiger partial charge in [0, 0.05) is 30.5 Å². The predicted octanol–water partition coefficient (Wildman–Crippen LogP) is 2.02. The first-order valence-electron chi connectivity index (χ1n) is 7.92. The van der Waals surface area contributed by atoms with Crippen molar-refractivity contribution in [1.82, 2.24) is 9.97 Å². The van der Waals surface area contributed by atoms with Crippen LogP contribution < -0.4 is 10.2 Å². The molecule has 8 heteroatoms. The Hall–Kier alpha value is -2.66. The molecule has 1 saturated heterocycles. The van der Waals surface area contributed by atoms with E-state index in [1.807, 2.05) is 31.0 Å². The first-order chi connectivity index (χ1) is 11.9. The maximum atomic E-state index is 11.7. The highest BCUT2D eigenvalue weighted by Crippen LogP contribution is 2.23. The summed E-state index contributed by atoms with van der Waals surface area (Å²) in [7, 11) is -1.15. The fraction of sp³-hybridized carbons (Fsp3) is 0.353. The van der Waals surface area contributed by atoms with E-state index < -0.39 is 9.84 Å². The van der Waals surface area contributed by atoms with Gasteiger partial charge in [-0.25, -0.2) is 13.4 Å². The molecule has 2 heterocycles.